The summed E-state index contributed by atoms with van der Waals surface area (Å²) in [6.07, 6.45) is 3.58. The second-order valence-electron chi connectivity index (χ2n) is 3.66. The van der Waals surface area contributed by atoms with Gasteiger partial charge in [0.05, 0.1) is 5.75 Å². The molecule has 0 aliphatic heterocycles. The molecule has 1 heterocycles. The number of carbonyl (C=O) groups excluding carboxylic acids is 1. The van der Waals surface area contributed by atoms with Gasteiger partial charge in [-0.1, -0.05) is 11.8 Å². The summed E-state index contributed by atoms with van der Waals surface area (Å²) in [6, 6.07) is 7.71. The molecule has 2 rings (SSSR count). The minimum Gasteiger partial charge on any atom is -0.329 e. The standard InChI is InChI=1S/C12H12IN3OS/c1-16-7-6-14-12(16)18-8-11(17)15-10-4-2-9(13)3-5-10/h2-7H,8H2,1H3,(H,15,17). The number of nitrogens with zero attached hydrogens (tertiary/aromatic N) is 2. The highest BCUT2D eigenvalue weighted by atomic mass is 127. The predicted octanol–water partition coefficient (Wildman–Crippen LogP) is 2.76. The number of imidazole rings is 1. The van der Waals surface area contributed by atoms with Gasteiger partial charge in [0, 0.05) is 28.7 Å². The lowest BCUT2D eigenvalue weighted by Gasteiger charge is -2.05. The van der Waals surface area contributed by atoms with Gasteiger partial charge in [-0.2, -0.15) is 0 Å². The minimum atomic E-state index is -0.0239. The van der Waals surface area contributed by atoms with E-state index in [0.29, 0.717) is 5.75 Å². The fourth-order valence-corrected chi connectivity index (χ4v) is 2.44. The number of aryl methyl sites for hydroxylation is 1. The maximum Gasteiger partial charge on any atom is 0.234 e. The quantitative estimate of drug-likeness (QED) is 0.662. The molecule has 2 aromatic rings. The van der Waals surface area contributed by atoms with Gasteiger partial charge in [-0.15, -0.1) is 0 Å². The highest BCUT2D eigenvalue weighted by Crippen LogP contribution is 2.15. The maximum atomic E-state index is 11.7. The molecule has 1 N–H and O–H groups in total. The number of amides is 1. The second kappa shape index (κ2) is 6.24. The molecule has 0 fully saturated rings. The first-order valence-corrected chi connectivity index (χ1v) is 7.37. The van der Waals surface area contributed by atoms with Crippen LogP contribution in [-0.4, -0.2) is 21.2 Å². The summed E-state index contributed by atoms with van der Waals surface area (Å²) in [6.45, 7) is 0. The average molecular weight is 373 g/mol. The highest BCUT2D eigenvalue weighted by molar-refractivity contribution is 14.1. The Morgan fingerprint density at radius 2 is 2.17 bits per heavy atom. The monoisotopic (exact) mass is 373 g/mol. The van der Waals surface area contributed by atoms with Crippen LogP contribution in [0.5, 0.6) is 0 Å². The zero-order chi connectivity index (χ0) is 13.0. The van der Waals surface area contributed by atoms with Gasteiger partial charge in [-0.25, -0.2) is 4.98 Å². The fourth-order valence-electron chi connectivity index (χ4n) is 1.35. The van der Waals surface area contributed by atoms with E-state index in [1.165, 1.54) is 11.8 Å². The van der Waals surface area contributed by atoms with Crippen LogP contribution in [0.2, 0.25) is 0 Å². The summed E-state index contributed by atoms with van der Waals surface area (Å²) in [5.74, 6) is 0.334. The van der Waals surface area contributed by atoms with Crippen molar-refractivity contribution in [2.75, 3.05) is 11.1 Å². The molecule has 0 saturated heterocycles. The van der Waals surface area contributed by atoms with Crippen LogP contribution in [0.25, 0.3) is 0 Å². The van der Waals surface area contributed by atoms with Crippen LogP contribution in [0, 0.1) is 3.57 Å². The van der Waals surface area contributed by atoms with E-state index in [2.05, 4.69) is 32.9 Å². The first-order valence-electron chi connectivity index (χ1n) is 5.30. The zero-order valence-corrected chi connectivity index (χ0v) is 12.7. The first-order chi connectivity index (χ1) is 8.65. The molecule has 4 nitrogen and oxygen atoms in total. The Hall–Kier alpha value is -1.02. The number of hydrogen-bond donors (Lipinski definition) is 1. The molecule has 0 aliphatic rings. The van der Waals surface area contributed by atoms with Crippen molar-refractivity contribution in [1.29, 1.82) is 0 Å². The SMILES string of the molecule is Cn1ccnc1SCC(=O)Nc1ccc(I)cc1. The van der Waals surface area contributed by atoms with Crippen LogP contribution < -0.4 is 5.32 Å². The van der Waals surface area contributed by atoms with Crippen molar-refractivity contribution in [3.63, 3.8) is 0 Å². The number of anilines is 1. The summed E-state index contributed by atoms with van der Waals surface area (Å²) >= 11 is 3.65. The molecule has 1 amide bonds. The highest BCUT2D eigenvalue weighted by Gasteiger charge is 2.06. The molecule has 0 bridgehead atoms. The van der Waals surface area contributed by atoms with E-state index in [-0.39, 0.29) is 5.91 Å². The number of halogens is 1. The van der Waals surface area contributed by atoms with Crippen molar-refractivity contribution in [2.24, 2.45) is 7.05 Å². The number of aromatic nitrogens is 2. The van der Waals surface area contributed by atoms with Crippen LogP contribution in [0.1, 0.15) is 0 Å². The number of nitrogens with one attached hydrogen (secondary N) is 1. The topological polar surface area (TPSA) is 46.9 Å². The molecule has 18 heavy (non-hydrogen) atoms. The zero-order valence-electron chi connectivity index (χ0n) is 9.76. The van der Waals surface area contributed by atoms with Gasteiger partial charge in [-0.05, 0) is 46.9 Å². The molecule has 0 aliphatic carbocycles. The maximum absolute atomic E-state index is 11.7. The van der Waals surface area contributed by atoms with E-state index < -0.39 is 0 Å². The van der Waals surface area contributed by atoms with Crippen LogP contribution >= 0.6 is 34.4 Å². The third kappa shape index (κ3) is 3.74. The largest absolute Gasteiger partial charge is 0.329 e. The molecule has 0 spiro atoms. The third-order valence-electron chi connectivity index (χ3n) is 2.24. The smallest absolute Gasteiger partial charge is 0.234 e. The van der Waals surface area contributed by atoms with E-state index in [9.17, 15) is 4.79 Å². The van der Waals surface area contributed by atoms with E-state index in [4.69, 9.17) is 0 Å². The van der Waals surface area contributed by atoms with Gasteiger partial charge in [0.15, 0.2) is 5.16 Å². The lowest BCUT2D eigenvalue weighted by Crippen LogP contribution is -2.14. The number of hydrogen-bond acceptors (Lipinski definition) is 3. The van der Waals surface area contributed by atoms with Gasteiger partial charge in [0.2, 0.25) is 5.91 Å². The summed E-state index contributed by atoms with van der Waals surface area (Å²) in [5.41, 5.74) is 0.820. The molecular formula is C12H12IN3OS. The molecule has 1 aromatic heterocycles. The van der Waals surface area contributed by atoms with Crippen LogP contribution in [0.15, 0.2) is 41.8 Å². The molecule has 0 atom stereocenters. The number of thioether (sulfide) groups is 1. The summed E-state index contributed by atoms with van der Waals surface area (Å²) in [7, 11) is 1.91. The number of rotatable bonds is 4. The van der Waals surface area contributed by atoms with Crippen LogP contribution in [-0.2, 0) is 11.8 Å². The number of carbonyl (C=O) groups is 1. The molecule has 0 saturated carbocycles. The van der Waals surface area contributed by atoms with Crippen molar-refractivity contribution in [1.82, 2.24) is 9.55 Å². The Balaban J connectivity index is 1.86. The molecule has 94 valence electrons. The fraction of sp³-hybridized carbons (Fsp3) is 0.167. The van der Waals surface area contributed by atoms with Gasteiger partial charge in [0.25, 0.3) is 0 Å². The van der Waals surface area contributed by atoms with Crippen molar-refractivity contribution in [3.05, 3.63) is 40.2 Å². The lowest BCUT2D eigenvalue weighted by molar-refractivity contribution is -0.113. The van der Waals surface area contributed by atoms with Gasteiger partial charge in [-0.3, -0.25) is 4.79 Å². The molecular weight excluding hydrogens is 361 g/mol. The van der Waals surface area contributed by atoms with Crippen LogP contribution in [0.4, 0.5) is 5.69 Å². The molecule has 6 heteroatoms. The van der Waals surface area contributed by atoms with E-state index >= 15 is 0 Å². The average Bonchev–Trinajstić information content (AvgIpc) is 2.75. The van der Waals surface area contributed by atoms with Crippen molar-refractivity contribution in [3.8, 4) is 0 Å². The Morgan fingerprint density at radius 3 is 2.78 bits per heavy atom. The van der Waals surface area contributed by atoms with Crippen molar-refractivity contribution in [2.45, 2.75) is 5.16 Å². The molecule has 0 unspecified atom stereocenters. The van der Waals surface area contributed by atoms with Crippen molar-refractivity contribution < 1.29 is 4.79 Å². The van der Waals surface area contributed by atoms with E-state index in [1.807, 2.05) is 42.1 Å². The van der Waals surface area contributed by atoms with Crippen LogP contribution in [0.3, 0.4) is 0 Å². The summed E-state index contributed by atoms with van der Waals surface area (Å²) < 4.78 is 3.04. The Bertz CT molecular complexity index is 539. The summed E-state index contributed by atoms with van der Waals surface area (Å²) in [5, 5.41) is 3.69. The normalized spacial score (nSPS) is 10.3. The summed E-state index contributed by atoms with van der Waals surface area (Å²) in [4.78, 5) is 15.9. The van der Waals surface area contributed by atoms with Gasteiger partial charge in [0.1, 0.15) is 0 Å². The van der Waals surface area contributed by atoms with E-state index in [0.717, 1.165) is 14.4 Å². The first kappa shape index (κ1) is 13.4. The predicted molar refractivity (Wildman–Crippen MR) is 81.7 cm³/mol. The Kier molecular flexibility index (Phi) is 4.65. The Morgan fingerprint density at radius 1 is 1.44 bits per heavy atom. The Labute approximate surface area is 123 Å². The molecule has 1 aromatic carbocycles. The second-order valence-corrected chi connectivity index (χ2v) is 5.85. The van der Waals surface area contributed by atoms with Crippen molar-refractivity contribution >= 4 is 45.9 Å². The van der Waals surface area contributed by atoms with E-state index in [1.54, 1.807) is 6.20 Å². The third-order valence-corrected chi connectivity index (χ3v) is 4.01. The van der Waals surface area contributed by atoms with Gasteiger partial charge < -0.3 is 9.88 Å². The van der Waals surface area contributed by atoms with Gasteiger partial charge >= 0.3 is 0 Å². The minimum absolute atomic E-state index is 0.0239. The number of benzene rings is 1. The molecule has 0 radical (unpaired) electrons. The lowest BCUT2D eigenvalue weighted by atomic mass is 10.3.